The highest BCUT2D eigenvalue weighted by molar-refractivity contribution is 6.07. The summed E-state index contributed by atoms with van der Waals surface area (Å²) in [5.41, 5.74) is 1.84. The van der Waals surface area contributed by atoms with Crippen molar-refractivity contribution >= 4 is 11.9 Å². The third kappa shape index (κ3) is 2.37. The Labute approximate surface area is 129 Å². The lowest BCUT2D eigenvalue weighted by atomic mass is 9.91. The Morgan fingerprint density at radius 1 is 1.00 bits per heavy atom. The molecule has 0 bridgehead atoms. The summed E-state index contributed by atoms with van der Waals surface area (Å²) >= 11 is 0. The average molecular weight is 294 g/mol. The maximum absolute atomic E-state index is 12.8. The van der Waals surface area contributed by atoms with Gasteiger partial charge in [-0.15, -0.1) is 0 Å². The van der Waals surface area contributed by atoms with Gasteiger partial charge in [-0.05, 0) is 25.0 Å². The maximum atomic E-state index is 12.8. The summed E-state index contributed by atoms with van der Waals surface area (Å²) in [7, 11) is 0. The fourth-order valence-corrected chi connectivity index (χ4v) is 2.69. The number of carbonyl (C=O) groups is 2. The van der Waals surface area contributed by atoms with Gasteiger partial charge < -0.3 is 5.32 Å². The number of nitrogens with zero attached hydrogens (tertiary/aromatic N) is 1. The highest BCUT2D eigenvalue weighted by Crippen LogP contribution is 2.29. The third-order valence-corrected chi connectivity index (χ3v) is 4.09. The first-order valence-corrected chi connectivity index (χ1v) is 7.26. The molecule has 1 fully saturated rings. The molecule has 1 saturated heterocycles. The summed E-state index contributed by atoms with van der Waals surface area (Å²) < 4.78 is 0. The number of imide groups is 1. The van der Waals surface area contributed by atoms with Gasteiger partial charge in [-0.3, -0.25) is 9.69 Å². The number of hydrogen-bond donors (Lipinski definition) is 1. The third-order valence-electron chi connectivity index (χ3n) is 4.09. The van der Waals surface area contributed by atoms with Gasteiger partial charge in [0.1, 0.15) is 5.54 Å². The summed E-state index contributed by atoms with van der Waals surface area (Å²) in [6.45, 7) is 4.03. The Hall–Kier alpha value is -2.62. The van der Waals surface area contributed by atoms with Crippen molar-refractivity contribution in [3.05, 3.63) is 71.3 Å². The van der Waals surface area contributed by atoms with E-state index in [0.29, 0.717) is 0 Å². The fourth-order valence-electron chi connectivity index (χ4n) is 2.69. The van der Waals surface area contributed by atoms with E-state index in [1.807, 2.05) is 61.5 Å². The minimum atomic E-state index is -1.00. The van der Waals surface area contributed by atoms with Crippen molar-refractivity contribution in [3.63, 3.8) is 0 Å². The molecule has 4 nitrogen and oxygen atoms in total. The van der Waals surface area contributed by atoms with Gasteiger partial charge in [-0.25, -0.2) is 4.79 Å². The van der Waals surface area contributed by atoms with Crippen LogP contribution in [-0.4, -0.2) is 16.8 Å². The monoisotopic (exact) mass is 294 g/mol. The van der Waals surface area contributed by atoms with Crippen molar-refractivity contribution in [2.75, 3.05) is 0 Å². The van der Waals surface area contributed by atoms with Crippen molar-refractivity contribution in [3.8, 4) is 0 Å². The fraction of sp³-hybridized carbons (Fsp3) is 0.222. The van der Waals surface area contributed by atoms with E-state index in [4.69, 9.17) is 0 Å². The van der Waals surface area contributed by atoms with Crippen LogP contribution in [0.2, 0.25) is 0 Å². The van der Waals surface area contributed by atoms with E-state index in [1.165, 1.54) is 4.90 Å². The van der Waals surface area contributed by atoms with Crippen LogP contribution in [0.15, 0.2) is 54.6 Å². The molecule has 0 saturated carbocycles. The van der Waals surface area contributed by atoms with Crippen molar-refractivity contribution in [2.24, 2.45) is 0 Å². The summed E-state index contributed by atoms with van der Waals surface area (Å²) in [5.74, 6) is -0.217. The van der Waals surface area contributed by atoms with Gasteiger partial charge >= 0.3 is 6.03 Å². The van der Waals surface area contributed by atoms with Gasteiger partial charge in [0.25, 0.3) is 5.91 Å². The lowest BCUT2D eigenvalue weighted by Gasteiger charge is -2.22. The minimum absolute atomic E-state index is 0.217. The second-order valence-electron chi connectivity index (χ2n) is 5.80. The summed E-state index contributed by atoms with van der Waals surface area (Å²) in [6.07, 6.45) is 0. The van der Waals surface area contributed by atoms with Crippen LogP contribution in [-0.2, 0) is 16.9 Å². The van der Waals surface area contributed by atoms with Crippen LogP contribution in [0, 0.1) is 6.92 Å². The number of carbonyl (C=O) groups excluding carboxylic acids is 2. The van der Waals surface area contributed by atoms with Crippen LogP contribution in [0.25, 0.3) is 0 Å². The predicted molar refractivity (Wildman–Crippen MR) is 84.1 cm³/mol. The molecular formula is C18H18N2O2. The Kier molecular flexibility index (Phi) is 3.45. The first-order valence-electron chi connectivity index (χ1n) is 7.26. The molecule has 0 radical (unpaired) electrons. The number of nitrogens with one attached hydrogen (secondary N) is 1. The van der Waals surface area contributed by atoms with Crippen LogP contribution < -0.4 is 5.32 Å². The van der Waals surface area contributed by atoms with Gasteiger partial charge in [-0.1, -0.05) is 60.2 Å². The second kappa shape index (κ2) is 5.30. The molecule has 112 valence electrons. The summed E-state index contributed by atoms with van der Waals surface area (Å²) in [4.78, 5) is 26.3. The molecule has 1 N–H and O–H groups in total. The van der Waals surface area contributed by atoms with E-state index >= 15 is 0 Å². The maximum Gasteiger partial charge on any atom is 0.325 e. The van der Waals surface area contributed by atoms with Crippen molar-refractivity contribution in [1.29, 1.82) is 0 Å². The van der Waals surface area contributed by atoms with E-state index in [0.717, 1.165) is 16.7 Å². The number of urea groups is 1. The quantitative estimate of drug-likeness (QED) is 0.885. The summed E-state index contributed by atoms with van der Waals surface area (Å²) in [5, 5.41) is 2.82. The number of rotatable bonds is 3. The highest BCUT2D eigenvalue weighted by atomic mass is 16.2. The van der Waals surface area contributed by atoms with Crippen LogP contribution in [0.1, 0.15) is 23.6 Å². The second-order valence-corrected chi connectivity index (χ2v) is 5.80. The van der Waals surface area contributed by atoms with Crippen molar-refractivity contribution in [2.45, 2.75) is 25.9 Å². The molecule has 1 aliphatic heterocycles. The molecule has 3 rings (SSSR count). The Morgan fingerprint density at radius 2 is 1.64 bits per heavy atom. The van der Waals surface area contributed by atoms with Crippen molar-refractivity contribution < 1.29 is 9.59 Å². The zero-order chi connectivity index (χ0) is 15.7. The van der Waals surface area contributed by atoms with Crippen molar-refractivity contribution in [1.82, 2.24) is 10.2 Å². The number of aryl methyl sites for hydroxylation is 1. The van der Waals surface area contributed by atoms with E-state index in [9.17, 15) is 9.59 Å². The normalized spacial score (nSPS) is 21.1. The van der Waals surface area contributed by atoms with Gasteiger partial charge in [0.15, 0.2) is 0 Å². The molecule has 1 aliphatic rings. The number of amides is 3. The number of benzene rings is 2. The minimum Gasteiger partial charge on any atom is -0.319 e. The molecule has 0 spiro atoms. The van der Waals surface area contributed by atoms with Crippen LogP contribution in [0.5, 0.6) is 0 Å². The topological polar surface area (TPSA) is 49.4 Å². The smallest absolute Gasteiger partial charge is 0.319 e. The SMILES string of the molecule is Cc1ccc([C@]2(C)NC(=O)N(Cc3ccccc3)C2=O)cc1. The zero-order valence-electron chi connectivity index (χ0n) is 12.7. The van der Waals surface area contributed by atoms with Gasteiger partial charge in [0.05, 0.1) is 6.54 Å². The average Bonchev–Trinajstić information content (AvgIpc) is 2.73. The first kappa shape index (κ1) is 14.3. The van der Waals surface area contributed by atoms with E-state index in [1.54, 1.807) is 6.92 Å². The van der Waals surface area contributed by atoms with E-state index in [2.05, 4.69) is 5.32 Å². The lowest BCUT2D eigenvalue weighted by Crippen LogP contribution is -2.40. The molecule has 0 unspecified atom stereocenters. The number of hydrogen-bond acceptors (Lipinski definition) is 2. The molecule has 2 aromatic carbocycles. The van der Waals surface area contributed by atoms with Gasteiger partial charge in [0.2, 0.25) is 0 Å². The largest absolute Gasteiger partial charge is 0.325 e. The lowest BCUT2D eigenvalue weighted by molar-refractivity contribution is -0.131. The molecule has 2 aromatic rings. The first-order chi connectivity index (χ1) is 10.5. The van der Waals surface area contributed by atoms with Gasteiger partial charge in [-0.2, -0.15) is 0 Å². The molecule has 1 heterocycles. The molecule has 0 aliphatic carbocycles. The highest BCUT2D eigenvalue weighted by Gasteiger charge is 2.48. The molecule has 3 amide bonds. The molecule has 22 heavy (non-hydrogen) atoms. The Morgan fingerprint density at radius 3 is 2.27 bits per heavy atom. The van der Waals surface area contributed by atoms with E-state index in [-0.39, 0.29) is 18.5 Å². The summed E-state index contributed by atoms with van der Waals surface area (Å²) in [6, 6.07) is 16.8. The molecule has 1 atom stereocenters. The Balaban J connectivity index is 1.89. The van der Waals surface area contributed by atoms with Crippen LogP contribution >= 0.6 is 0 Å². The Bertz CT molecular complexity index is 710. The van der Waals surface area contributed by atoms with Gasteiger partial charge in [0, 0.05) is 0 Å². The predicted octanol–water partition coefficient (Wildman–Crippen LogP) is 2.96. The molecular weight excluding hydrogens is 276 g/mol. The molecule has 0 aromatic heterocycles. The zero-order valence-corrected chi connectivity index (χ0v) is 12.7. The van der Waals surface area contributed by atoms with Crippen LogP contribution in [0.4, 0.5) is 4.79 Å². The van der Waals surface area contributed by atoms with Crippen LogP contribution in [0.3, 0.4) is 0 Å². The van der Waals surface area contributed by atoms with E-state index < -0.39 is 5.54 Å². The molecule has 4 heteroatoms. The standard InChI is InChI=1S/C18H18N2O2/c1-13-8-10-15(11-9-13)18(2)16(21)20(17(22)19-18)12-14-6-4-3-5-7-14/h3-11H,12H2,1-2H3,(H,19,22)/t18-/m0/s1.